The van der Waals surface area contributed by atoms with Crippen LogP contribution in [-0.4, -0.2) is 34.0 Å². The zero-order valence-electron chi connectivity index (χ0n) is 29.6. The summed E-state index contributed by atoms with van der Waals surface area (Å²) in [6.07, 6.45) is 16.4. The highest BCUT2D eigenvalue weighted by Gasteiger charge is 2.16. The Hall–Kier alpha value is -3.52. The number of nitrogens with one attached hydrogen (secondary N) is 1. The number of hydrogen-bond donors (Lipinski definition) is 1. The molecule has 0 fully saturated rings. The van der Waals surface area contributed by atoms with Crippen LogP contribution in [0.5, 0.6) is 17.2 Å². The van der Waals surface area contributed by atoms with E-state index in [1.165, 1.54) is 51.4 Å². The lowest BCUT2D eigenvalue weighted by Crippen LogP contribution is -2.21. The molecule has 1 N–H and O–H groups in total. The predicted octanol–water partition coefficient (Wildman–Crippen LogP) is 10.4. The fraction of sp³-hybridized carbons (Fsp3) is 0.525. The Morgan fingerprint density at radius 2 is 1.19 bits per heavy atom. The third kappa shape index (κ3) is 15.1. The summed E-state index contributed by atoms with van der Waals surface area (Å²) in [6, 6.07) is 22.3. The van der Waals surface area contributed by atoms with Crippen molar-refractivity contribution in [3.05, 3.63) is 83.9 Å². The molecule has 0 amide bonds. The van der Waals surface area contributed by atoms with Gasteiger partial charge >= 0.3 is 0 Å². The Morgan fingerprint density at radius 3 is 1.83 bits per heavy atom. The SMILES string of the molecule is CCCCCCCCOc1ccc(/C(CCCCOc2ccccc2)=N/NS(=O)(=O)c2ccc(C)cc2)cc1OCCCCCCCC. The lowest BCUT2D eigenvalue weighted by atomic mass is 10.0. The lowest BCUT2D eigenvalue weighted by Gasteiger charge is -2.16. The smallest absolute Gasteiger partial charge is 0.276 e. The summed E-state index contributed by atoms with van der Waals surface area (Å²) >= 11 is 0. The Bertz CT molecular complexity index is 1430. The zero-order chi connectivity index (χ0) is 34.3. The van der Waals surface area contributed by atoms with E-state index in [1.54, 1.807) is 24.3 Å². The van der Waals surface area contributed by atoms with Gasteiger partial charge < -0.3 is 14.2 Å². The average molecular weight is 679 g/mol. The van der Waals surface area contributed by atoms with Crippen LogP contribution in [0.15, 0.2) is 82.8 Å². The largest absolute Gasteiger partial charge is 0.494 e. The number of para-hydroxylation sites is 1. The number of aryl methyl sites for hydroxylation is 1. The highest BCUT2D eigenvalue weighted by Crippen LogP contribution is 2.30. The van der Waals surface area contributed by atoms with Gasteiger partial charge in [0.15, 0.2) is 11.5 Å². The molecule has 3 aromatic rings. The molecule has 48 heavy (non-hydrogen) atoms. The van der Waals surface area contributed by atoms with Crippen molar-refractivity contribution in [3.63, 3.8) is 0 Å². The lowest BCUT2D eigenvalue weighted by molar-refractivity contribution is 0.258. The molecule has 8 heteroatoms. The van der Waals surface area contributed by atoms with Gasteiger partial charge in [0.1, 0.15) is 5.75 Å². The molecule has 0 spiro atoms. The van der Waals surface area contributed by atoms with Crippen LogP contribution in [-0.2, 0) is 10.0 Å². The second-order valence-electron chi connectivity index (χ2n) is 12.5. The molecular weight excluding hydrogens is 621 g/mol. The minimum absolute atomic E-state index is 0.175. The quantitative estimate of drug-likeness (QED) is 0.0519. The van der Waals surface area contributed by atoms with Crippen molar-refractivity contribution in [1.29, 1.82) is 0 Å². The van der Waals surface area contributed by atoms with Crippen molar-refractivity contribution < 1.29 is 22.6 Å². The maximum atomic E-state index is 13.1. The van der Waals surface area contributed by atoms with Crippen molar-refractivity contribution >= 4 is 15.7 Å². The maximum absolute atomic E-state index is 13.1. The zero-order valence-corrected chi connectivity index (χ0v) is 30.4. The number of ether oxygens (including phenoxy) is 3. The van der Waals surface area contributed by atoms with Crippen LogP contribution in [0.2, 0.25) is 0 Å². The fourth-order valence-electron chi connectivity index (χ4n) is 5.30. The van der Waals surface area contributed by atoms with Crippen LogP contribution < -0.4 is 19.0 Å². The molecule has 0 aliphatic rings. The van der Waals surface area contributed by atoms with E-state index in [1.807, 2.05) is 55.5 Å². The minimum atomic E-state index is -3.84. The summed E-state index contributed by atoms with van der Waals surface area (Å²) < 4.78 is 44.7. The highest BCUT2D eigenvalue weighted by molar-refractivity contribution is 7.89. The van der Waals surface area contributed by atoms with Crippen molar-refractivity contribution in [1.82, 2.24) is 4.83 Å². The molecule has 0 atom stereocenters. The molecule has 0 unspecified atom stereocenters. The van der Waals surface area contributed by atoms with Crippen molar-refractivity contribution in [3.8, 4) is 17.2 Å². The van der Waals surface area contributed by atoms with E-state index in [-0.39, 0.29) is 4.90 Å². The van der Waals surface area contributed by atoms with Gasteiger partial charge in [0, 0.05) is 5.56 Å². The molecule has 0 saturated heterocycles. The van der Waals surface area contributed by atoms with Gasteiger partial charge in [-0.2, -0.15) is 18.4 Å². The number of hydrazone groups is 1. The number of nitrogens with zero attached hydrogens (tertiary/aromatic N) is 1. The summed E-state index contributed by atoms with van der Waals surface area (Å²) in [5.74, 6) is 2.23. The van der Waals surface area contributed by atoms with E-state index in [4.69, 9.17) is 14.2 Å². The first-order chi connectivity index (χ1) is 23.4. The first-order valence-electron chi connectivity index (χ1n) is 18.2. The van der Waals surface area contributed by atoms with Gasteiger partial charge in [-0.3, -0.25) is 0 Å². The molecule has 0 radical (unpaired) electrons. The van der Waals surface area contributed by atoms with Gasteiger partial charge in [0.05, 0.1) is 30.4 Å². The summed E-state index contributed by atoms with van der Waals surface area (Å²) in [7, 11) is -3.84. The van der Waals surface area contributed by atoms with E-state index in [0.29, 0.717) is 43.5 Å². The summed E-state index contributed by atoms with van der Waals surface area (Å²) in [4.78, 5) is 2.67. The van der Waals surface area contributed by atoms with Crippen molar-refractivity contribution in [2.75, 3.05) is 19.8 Å². The van der Waals surface area contributed by atoms with Gasteiger partial charge in [-0.25, -0.2) is 0 Å². The second-order valence-corrected chi connectivity index (χ2v) is 14.1. The standard InChI is InChI=1S/C40H58N2O5S/c1-4-6-8-10-12-18-31-46-39-29-26-35(33-40(39)47-32-19-13-11-9-7-5-2)38(23-17-20-30-45-36-21-15-14-16-22-36)41-42-48(43,44)37-27-24-34(3)25-28-37/h14-16,21-22,24-29,33,42H,4-13,17-20,23,30-32H2,1-3H3/b41-38+. The van der Waals surface area contributed by atoms with E-state index < -0.39 is 10.0 Å². The van der Waals surface area contributed by atoms with Gasteiger partial charge in [-0.15, -0.1) is 0 Å². The van der Waals surface area contributed by atoms with E-state index >= 15 is 0 Å². The van der Waals surface area contributed by atoms with Crippen molar-refractivity contribution in [2.24, 2.45) is 5.10 Å². The summed E-state index contributed by atoms with van der Waals surface area (Å²) in [6.45, 7) is 8.18. The van der Waals surface area contributed by atoms with Gasteiger partial charge in [0.2, 0.25) is 0 Å². The van der Waals surface area contributed by atoms with Crippen LogP contribution in [0, 0.1) is 6.92 Å². The molecule has 7 nitrogen and oxygen atoms in total. The molecule has 0 aromatic heterocycles. The molecule has 0 heterocycles. The minimum Gasteiger partial charge on any atom is -0.494 e. The third-order valence-corrected chi connectivity index (χ3v) is 9.46. The monoisotopic (exact) mass is 678 g/mol. The number of benzene rings is 3. The molecule has 3 aromatic carbocycles. The fourth-order valence-corrected chi connectivity index (χ4v) is 6.13. The highest BCUT2D eigenvalue weighted by atomic mass is 32.2. The first-order valence-corrected chi connectivity index (χ1v) is 19.6. The van der Waals surface area contributed by atoms with Crippen LogP contribution in [0.3, 0.4) is 0 Å². The maximum Gasteiger partial charge on any atom is 0.276 e. The van der Waals surface area contributed by atoms with Crippen LogP contribution in [0.25, 0.3) is 0 Å². The Kier molecular flexibility index (Phi) is 18.6. The van der Waals surface area contributed by atoms with Gasteiger partial charge in [-0.1, -0.05) is 114 Å². The summed E-state index contributed by atoms with van der Waals surface area (Å²) in [5, 5.41) is 4.48. The molecule has 0 aliphatic heterocycles. The molecule has 0 aliphatic carbocycles. The molecule has 0 bridgehead atoms. The van der Waals surface area contributed by atoms with Crippen LogP contribution in [0.4, 0.5) is 0 Å². The van der Waals surface area contributed by atoms with Gasteiger partial charge in [0.25, 0.3) is 10.0 Å². The van der Waals surface area contributed by atoms with Crippen molar-refractivity contribution in [2.45, 2.75) is 122 Å². The third-order valence-electron chi connectivity index (χ3n) is 8.24. The second kappa shape index (κ2) is 22.9. The Morgan fingerprint density at radius 1 is 0.625 bits per heavy atom. The molecular formula is C40H58N2O5S. The Labute approximate surface area is 290 Å². The van der Waals surface area contributed by atoms with E-state index in [9.17, 15) is 8.42 Å². The molecule has 3 rings (SSSR count). The number of rotatable bonds is 26. The normalized spacial score (nSPS) is 11.8. The first kappa shape index (κ1) is 38.9. The molecule has 264 valence electrons. The number of hydrogen-bond acceptors (Lipinski definition) is 6. The average Bonchev–Trinajstić information content (AvgIpc) is 3.09. The van der Waals surface area contributed by atoms with E-state index in [2.05, 4.69) is 23.8 Å². The predicted molar refractivity (Wildman–Crippen MR) is 198 cm³/mol. The topological polar surface area (TPSA) is 86.2 Å². The van der Waals surface area contributed by atoms with Crippen LogP contribution >= 0.6 is 0 Å². The van der Waals surface area contributed by atoms with Gasteiger partial charge in [-0.05, 0) is 81.5 Å². The molecule has 0 saturated carbocycles. The van der Waals surface area contributed by atoms with E-state index in [0.717, 1.165) is 55.4 Å². The van der Waals surface area contributed by atoms with Crippen LogP contribution in [0.1, 0.15) is 121 Å². The number of unbranched alkanes of at least 4 members (excludes halogenated alkanes) is 11. The number of sulfonamides is 1. The summed E-state index contributed by atoms with van der Waals surface area (Å²) in [5.41, 5.74) is 2.43. The Balaban J connectivity index is 1.75.